The zero-order valence-corrected chi connectivity index (χ0v) is 50.1. The van der Waals surface area contributed by atoms with Crippen molar-refractivity contribution in [3.8, 4) is 0 Å². The van der Waals surface area contributed by atoms with Gasteiger partial charge in [-0.1, -0.05) is 211 Å². The standard InChI is InChI=1S/5C13H17NO2.2C2H6/c5*15-13(16)12(10-6-2-1-3-7-10)11-8-4-5-9-14-11;2*1-2/h5*1-3,6-7,11-12,14H,4-5,8-9H2,(H,15,16);2*1-2H3/t3*11-,12-;;;;/m110..../s1. The van der Waals surface area contributed by atoms with Crippen LogP contribution in [-0.2, 0) is 24.0 Å². The molecule has 10 N–H and O–H groups in total. The van der Waals surface area contributed by atoms with Crippen molar-refractivity contribution in [1.82, 2.24) is 26.6 Å². The average molecular weight is 1160 g/mol. The Morgan fingerprint density at radius 3 is 0.524 bits per heavy atom. The van der Waals surface area contributed by atoms with E-state index in [1.165, 1.54) is 0 Å². The maximum Gasteiger partial charge on any atom is 0.312 e. The summed E-state index contributed by atoms with van der Waals surface area (Å²) in [6, 6.07) is 47.9. The van der Waals surface area contributed by atoms with E-state index in [0.717, 1.165) is 157 Å². The Kier molecular flexibility index (Phi) is 33.6. The topological polar surface area (TPSA) is 247 Å². The molecule has 5 fully saturated rings. The summed E-state index contributed by atoms with van der Waals surface area (Å²) in [4.78, 5) is 56.8. The Labute approximate surface area is 499 Å². The first kappa shape index (κ1) is 69.7. The predicted octanol–water partition coefficient (Wildman–Crippen LogP) is 12.0. The van der Waals surface area contributed by atoms with Crippen LogP contribution < -0.4 is 26.6 Å². The summed E-state index contributed by atoms with van der Waals surface area (Å²) in [6.07, 6.45) is 16.1. The van der Waals surface area contributed by atoms with Crippen molar-refractivity contribution in [2.45, 2.75) is 184 Å². The lowest BCUT2D eigenvalue weighted by molar-refractivity contribution is -0.140. The monoisotopic (exact) mass is 1160 g/mol. The lowest BCUT2D eigenvalue weighted by Crippen LogP contribution is -2.41. The van der Waals surface area contributed by atoms with E-state index in [1.54, 1.807) is 0 Å². The van der Waals surface area contributed by atoms with E-state index in [-0.39, 0.29) is 30.2 Å². The van der Waals surface area contributed by atoms with Gasteiger partial charge in [-0.15, -0.1) is 0 Å². The zero-order chi connectivity index (χ0) is 60.9. The Hall–Kier alpha value is -6.75. The minimum atomic E-state index is -0.731. The lowest BCUT2D eigenvalue weighted by atomic mass is 9.86. The molecule has 10 atom stereocenters. The van der Waals surface area contributed by atoms with Gasteiger partial charge < -0.3 is 52.1 Å². The van der Waals surface area contributed by atoms with Crippen molar-refractivity contribution in [2.75, 3.05) is 32.7 Å². The second-order valence-electron chi connectivity index (χ2n) is 21.4. The molecule has 5 heterocycles. The lowest BCUT2D eigenvalue weighted by Gasteiger charge is -2.29. The number of benzene rings is 5. The molecule has 15 nitrogen and oxygen atoms in total. The summed E-state index contributed by atoms with van der Waals surface area (Å²) < 4.78 is 0. The second kappa shape index (κ2) is 40.5. The first-order valence-electron chi connectivity index (χ1n) is 31.0. The molecule has 0 bridgehead atoms. The quantitative estimate of drug-likeness (QED) is 0.0468. The van der Waals surface area contributed by atoms with Crippen LogP contribution in [0.1, 0.15) is 181 Å². The number of carboxylic acids is 5. The molecule has 0 amide bonds. The summed E-state index contributed by atoms with van der Waals surface area (Å²) in [5, 5.41) is 63.3. The van der Waals surface area contributed by atoms with Gasteiger partial charge in [0, 0.05) is 30.2 Å². The fourth-order valence-electron chi connectivity index (χ4n) is 11.9. The normalized spacial score (nSPS) is 21.7. The Balaban J connectivity index is 0.000000222. The van der Waals surface area contributed by atoms with Crippen LogP contribution in [-0.4, -0.2) is 118 Å². The van der Waals surface area contributed by atoms with Crippen molar-refractivity contribution >= 4 is 29.8 Å². The van der Waals surface area contributed by atoms with Crippen LogP contribution in [0.25, 0.3) is 0 Å². The Morgan fingerprint density at radius 2 is 0.417 bits per heavy atom. The molecule has 84 heavy (non-hydrogen) atoms. The molecular formula is C69H97N5O10. The summed E-state index contributed by atoms with van der Waals surface area (Å²) in [6.45, 7) is 12.7. The van der Waals surface area contributed by atoms with E-state index in [1.807, 2.05) is 179 Å². The third kappa shape index (κ3) is 23.4. The second-order valence-corrected chi connectivity index (χ2v) is 21.4. The summed E-state index contributed by atoms with van der Waals surface area (Å²) in [5.41, 5.74) is 4.49. The summed E-state index contributed by atoms with van der Waals surface area (Å²) in [5.74, 6) is -5.73. The molecule has 458 valence electrons. The molecule has 5 aliphatic heterocycles. The van der Waals surface area contributed by atoms with Crippen molar-refractivity contribution in [1.29, 1.82) is 0 Å². The predicted molar refractivity (Wildman–Crippen MR) is 335 cm³/mol. The SMILES string of the molecule is CC.CC.O=C(O)C(c1ccccc1)C1CCCCN1.O=C(O)C(c1ccccc1)C1CCCCN1.O=C(O)[C@@H](c1ccccc1)[C@@H]1CCCCN1.O=C(O)[C@H](c1ccccc1)[C@H]1CCCCN1.O=C(O)[C@H](c1ccccc1)[C@H]1CCCCN1. The van der Waals surface area contributed by atoms with Gasteiger partial charge in [0.2, 0.25) is 0 Å². The van der Waals surface area contributed by atoms with Gasteiger partial charge in [-0.2, -0.15) is 0 Å². The van der Waals surface area contributed by atoms with Gasteiger partial charge in [0.05, 0.1) is 29.6 Å². The van der Waals surface area contributed by atoms with Crippen LogP contribution in [0.2, 0.25) is 0 Å². The first-order chi connectivity index (χ1) is 40.9. The highest BCUT2D eigenvalue weighted by Gasteiger charge is 2.34. The van der Waals surface area contributed by atoms with Gasteiger partial charge in [0.25, 0.3) is 0 Å². The van der Waals surface area contributed by atoms with E-state index >= 15 is 0 Å². The van der Waals surface area contributed by atoms with E-state index in [2.05, 4.69) is 26.6 Å². The largest absolute Gasteiger partial charge is 0.481 e. The molecule has 0 radical (unpaired) electrons. The fourth-order valence-corrected chi connectivity index (χ4v) is 11.9. The number of carboxylic acid groups (broad SMARTS) is 5. The third-order valence-electron chi connectivity index (χ3n) is 15.9. The van der Waals surface area contributed by atoms with Gasteiger partial charge in [0.1, 0.15) is 0 Å². The molecule has 15 heteroatoms. The number of hydrogen-bond donors (Lipinski definition) is 10. The van der Waals surface area contributed by atoms with Crippen LogP contribution in [0.15, 0.2) is 152 Å². The van der Waals surface area contributed by atoms with Crippen molar-refractivity contribution < 1.29 is 49.5 Å². The molecule has 0 saturated carbocycles. The maximum atomic E-state index is 11.4. The number of aliphatic carboxylic acids is 5. The highest BCUT2D eigenvalue weighted by molar-refractivity contribution is 5.79. The molecule has 5 saturated heterocycles. The highest BCUT2D eigenvalue weighted by Crippen LogP contribution is 2.30. The molecular weight excluding hydrogens is 1060 g/mol. The van der Waals surface area contributed by atoms with Crippen molar-refractivity contribution in [3.63, 3.8) is 0 Å². The molecule has 4 unspecified atom stereocenters. The molecule has 10 rings (SSSR count). The van der Waals surface area contributed by atoms with E-state index in [9.17, 15) is 49.5 Å². The van der Waals surface area contributed by atoms with Crippen LogP contribution in [0.5, 0.6) is 0 Å². The average Bonchev–Trinajstić information content (AvgIpc) is 3.55. The summed E-state index contributed by atoms with van der Waals surface area (Å²) >= 11 is 0. The summed E-state index contributed by atoms with van der Waals surface area (Å²) in [7, 11) is 0. The fraction of sp³-hybridized carbons (Fsp3) is 0.493. The number of hydrogen-bond acceptors (Lipinski definition) is 10. The van der Waals surface area contributed by atoms with Gasteiger partial charge in [-0.05, 0) is 125 Å². The van der Waals surface area contributed by atoms with Crippen molar-refractivity contribution in [2.24, 2.45) is 0 Å². The van der Waals surface area contributed by atoms with Gasteiger partial charge in [-0.3, -0.25) is 24.0 Å². The molecule has 5 aromatic rings. The molecule has 5 aromatic carbocycles. The van der Waals surface area contributed by atoms with E-state index in [4.69, 9.17) is 0 Å². The van der Waals surface area contributed by atoms with Crippen LogP contribution >= 0.6 is 0 Å². The van der Waals surface area contributed by atoms with E-state index < -0.39 is 59.4 Å². The zero-order valence-electron chi connectivity index (χ0n) is 50.1. The highest BCUT2D eigenvalue weighted by atomic mass is 16.4. The van der Waals surface area contributed by atoms with Crippen molar-refractivity contribution in [3.05, 3.63) is 179 Å². The maximum absolute atomic E-state index is 11.4. The number of rotatable bonds is 15. The molecule has 0 aliphatic carbocycles. The number of nitrogens with one attached hydrogen (secondary N) is 5. The van der Waals surface area contributed by atoms with Crippen LogP contribution in [0, 0.1) is 0 Å². The van der Waals surface area contributed by atoms with Crippen LogP contribution in [0.4, 0.5) is 0 Å². The van der Waals surface area contributed by atoms with Gasteiger partial charge >= 0.3 is 29.8 Å². The van der Waals surface area contributed by atoms with E-state index in [0.29, 0.717) is 0 Å². The third-order valence-corrected chi connectivity index (χ3v) is 15.9. The number of piperidine rings is 5. The van der Waals surface area contributed by atoms with Gasteiger partial charge in [-0.25, -0.2) is 0 Å². The Morgan fingerprint density at radius 1 is 0.274 bits per heavy atom. The first-order valence-corrected chi connectivity index (χ1v) is 31.0. The number of carbonyl (C=O) groups is 5. The van der Waals surface area contributed by atoms with Gasteiger partial charge in [0.15, 0.2) is 0 Å². The van der Waals surface area contributed by atoms with Crippen LogP contribution in [0.3, 0.4) is 0 Å². The minimum Gasteiger partial charge on any atom is -0.481 e. The Bertz CT molecular complexity index is 2140. The smallest absolute Gasteiger partial charge is 0.312 e. The molecule has 0 spiro atoms. The molecule has 5 aliphatic rings. The molecule has 0 aromatic heterocycles. The minimum absolute atomic E-state index is 0.0775.